The molecule has 7 nitrogen and oxygen atoms in total. The Morgan fingerprint density at radius 2 is 2.12 bits per heavy atom. The minimum absolute atomic E-state index is 0.0205. The van der Waals surface area contributed by atoms with E-state index in [1.165, 1.54) is 37.2 Å². The van der Waals surface area contributed by atoms with E-state index in [1.807, 2.05) is 13.2 Å². The molecule has 2 unspecified atom stereocenters. The molecule has 2 aliphatic carbocycles. The van der Waals surface area contributed by atoms with Crippen LogP contribution in [0.2, 0.25) is 0 Å². The first-order valence-corrected chi connectivity index (χ1v) is 15.6. The number of anilines is 1. The van der Waals surface area contributed by atoms with E-state index in [2.05, 4.69) is 82.1 Å². The summed E-state index contributed by atoms with van der Waals surface area (Å²) in [7, 11) is 4.11. The van der Waals surface area contributed by atoms with Crippen LogP contribution in [0.1, 0.15) is 50.5 Å². The number of rotatable bonds is 8. The van der Waals surface area contributed by atoms with Gasteiger partial charge in [-0.1, -0.05) is 30.4 Å². The molecule has 2 aliphatic heterocycles. The van der Waals surface area contributed by atoms with Crippen molar-refractivity contribution in [2.24, 2.45) is 16.3 Å². The van der Waals surface area contributed by atoms with Gasteiger partial charge in [0.25, 0.3) is 0 Å². The lowest BCUT2D eigenvalue weighted by Gasteiger charge is -2.21. The molecule has 0 spiro atoms. The van der Waals surface area contributed by atoms with Gasteiger partial charge in [0.1, 0.15) is 18.2 Å². The van der Waals surface area contributed by atoms with Gasteiger partial charge >= 0.3 is 0 Å². The lowest BCUT2D eigenvalue weighted by atomic mass is 9.90. The Bertz CT molecular complexity index is 1150. The topological polar surface area (TPSA) is 61.4 Å². The number of likely N-dealkylation sites (N-methyl/N-ethyl adjacent to an activating group) is 1. The zero-order chi connectivity index (χ0) is 28.3. The van der Waals surface area contributed by atoms with Crippen LogP contribution in [-0.4, -0.2) is 75.7 Å². The summed E-state index contributed by atoms with van der Waals surface area (Å²) in [6.07, 6.45) is 23.1. The van der Waals surface area contributed by atoms with E-state index < -0.39 is 0 Å². The van der Waals surface area contributed by atoms with Gasteiger partial charge in [-0.25, -0.2) is 0 Å². The van der Waals surface area contributed by atoms with E-state index in [0.29, 0.717) is 12.6 Å². The maximum atomic E-state index is 6.34. The number of fused-ring (bicyclic) bond motifs is 2. The molecule has 222 valence electrons. The van der Waals surface area contributed by atoms with E-state index in [0.717, 1.165) is 82.1 Å². The number of aliphatic imine (C=N–C) groups is 1. The second-order valence-electron chi connectivity index (χ2n) is 11.8. The van der Waals surface area contributed by atoms with Gasteiger partial charge in [0.2, 0.25) is 0 Å². The second kappa shape index (κ2) is 14.7. The van der Waals surface area contributed by atoms with Crippen molar-refractivity contribution in [1.82, 2.24) is 15.1 Å². The highest BCUT2D eigenvalue weighted by Crippen LogP contribution is 2.61. The van der Waals surface area contributed by atoms with Crippen molar-refractivity contribution in [1.29, 1.82) is 0 Å². The fraction of sp³-hybridized carbons (Fsp3) is 0.559. The molecule has 0 amide bonds. The van der Waals surface area contributed by atoms with Gasteiger partial charge in [0, 0.05) is 61.4 Å². The van der Waals surface area contributed by atoms with Gasteiger partial charge in [0.15, 0.2) is 0 Å². The third-order valence-electron chi connectivity index (χ3n) is 8.63. The van der Waals surface area contributed by atoms with Gasteiger partial charge in [-0.3, -0.25) is 9.89 Å². The smallest absolute Gasteiger partial charge is 0.123 e. The Morgan fingerprint density at radius 3 is 3.00 bits per heavy atom. The number of nitrogens with one attached hydrogen (secondary N) is 2. The van der Waals surface area contributed by atoms with Crippen molar-refractivity contribution in [2.75, 3.05) is 65.5 Å². The van der Waals surface area contributed by atoms with Gasteiger partial charge in [0.05, 0.1) is 13.2 Å². The van der Waals surface area contributed by atoms with Crippen LogP contribution in [0.5, 0.6) is 5.75 Å². The van der Waals surface area contributed by atoms with Crippen LogP contribution >= 0.6 is 0 Å². The first-order valence-electron chi connectivity index (χ1n) is 15.6. The minimum atomic E-state index is -0.0205. The third-order valence-corrected chi connectivity index (χ3v) is 8.63. The van der Waals surface area contributed by atoms with Crippen LogP contribution in [0.4, 0.5) is 5.69 Å². The zero-order valence-corrected chi connectivity index (χ0v) is 25.1. The Kier molecular flexibility index (Phi) is 10.6. The SMILES string of the molecule is CN/C=C\C/C1=N\CNc2ccc(OCCCN3CCCC3)c(c2)CN(C)C/C=C/CCCOC2=CC=CC13CC23. The summed E-state index contributed by atoms with van der Waals surface area (Å²) in [5.41, 5.74) is 3.48. The molecular weight excluding hydrogens is 510 g/mol. The van der Waals surface area contributed by atoms with Crippen LogP contribution in [0.15, 0.2) is 71.6 Å². The molecule has 1 saturated carbocycles. The highest BCUT2D eigenvalue weighted by molar-refractivity contribution is 5.97. The molecule has 4 bridgehead atoms. The summed E-state index contributed by atoms with van der Waals surface area (Å²) in [6.45, 7) is 7.39. The molecule has 0 radical (unpaired) electrons. The molecule has 1 saturated heterocycles. The number of hydrogen-bond acceptors (Lipinski definition) is 7. The van der Waals surface area contributed by atoms with E-state index in [1.54, 1.807) is 0 Å². The molecule has 1 aromatic rings. The normalized spacial score (nSPS) is 27.7. The summed E-state index contributed by atoms with van der Waals surface area (Å²) < 4.78 is 12.6. The number of benzene rings is 1. The van der Waals surface area contributed by atoms with E-state index in [9.17, 15) is 0 Å². The van der Waals surface area contributed by atoms with Crippen molar-refractivity contribution in [2.45, 2.75) is 51.5 Å². The van der Waals surface area contributed by atoms with Gasteiger partial charge in [-0.15, -0.1) is 0 Å². The van der Waals surface area contributed by atoms with Crippen molar-refractivity contribution in [3.05, 3.63) is 72.2 Å². The predicted octanol–water partition coefficient (Wildman–Crippen LogP) is 5.74. The largest absolute Gasteiger partial charge is 0.498 e. The van der Waals surface area contributed by atoms with Gasteiger partial charge in [-0.05, 0) is 89.1 Å². The van der Waals surface area contributed by atoms with Crippen LogP contribution in [0, 0.1) is 11.3 Å². The van der Waals surface area contributed by atoms with Crippen LogP contribution < -0.4 is 15.4 Å². The molecule has 2 heterocycles. The molecule has 2 fully saturated rings. The first-order chi connectivity index (χ1) is 20.2. The Hall–Kier alpha value is -3.03. The molecule has 2 N–H and O–H groups in total. The zero-order valence-electron chi connectivity index (χ0n) is 25.1. The minimum Gasteiger partial charge on any atom is -0.498 e. The highest BCUT2D eigenvalue weighted by Gasteiger charge is 2.58. The highest BCUT2D eigenvalue weighted by atomic mass is 16.5. The number of hydrogen-bond donors (Lipinski definition) is 2. The molecule has 4 aliphatic rings. The maximum absolute atomic E-state index is 6.34. The van der Waals surface area contributed by atoms with Crippen molar-refractivity contribution < 1.29 is 9.47 Å². The van der Waals surface area contributed by atoms with Crippen LogP contribution in [0.25, 0.3) is 0 Å². The van der Waals surface area contributed by atoms with Gasteiger partial charge in [-0.2, -0.15) is 0 Å². The molecule has 5 rings (SSSR count). The van der Waals surface area contributed by atoms with Crippen molar-refractivity contribution in [3.63, 3.8) is 0 Å². The van der Waals surface area contributed by atoms with Crippen LogP contribution in [0.3, 0.4) is 0 Å². The lowest BCUT2D eigenvalue weighted by Crippen LogP contribution is -2.22. The standard InChI is InChI=1S/C34H49N5O2/c1-35-17-10-13-33-34-16-9-12-32(30(34)25-34)41-22-8-4-3-5-18-38(2)26-28-24-29(36-27-37-33)14-15-31(28)40-23-11-21-39-19-6-7-20-39/h3,5,9-10,12,14-17,24,30,35-36H,4,6-8,11,13,18-23,25-27H2,1-2H3/b5-3+,17-10-,37-33+. The number of likely N-dealkylation sites (tertiary alicyclic amines) is 1. The first kappa shape index (κ1) is 29.5. The average Bonchev–Trinajstić information content (AvgIpc) is 3.51. The average molecular weight is 560 g/mol. The van der Waals surface area contributed by atoms with Crippen molar-refractivity contribution in [3.8, 4) is 5.75 Å². The fourth-order valence-corrected chi connectivity index (χ4v) is 6.28. The fourth-order valence-electron chi connectivity index (χ4n) is 6.28. The molecule has 2 atom stereocenters. The number of ether oxygens (including phenoxy) is 2. The predicted molar refractivity (Wildman–Crippen MR) is 169 cm³/mol. The summed E-state index contributed by atoms with van der Waals surface area (Å²) in [5, 5.41) is 6.70. The molecular formula is C34H49N5O2. The molecule has 41 heavy (non-hydrogen) atoms. The van der Waals surface area contributed by atoms with Gasteiger partial charge < -0.3 is 25.0 Å². The monoisotopic (exact) mass is 559 g/mol. The van der Waals surface area contributed by atoms with E-state index in [-0.39, 0.29) is 5.41 Å². The summed E-state index contributed by atoms with van der Waals surface area (Å²) >= 11 is 0. The molecule has 1 aromatic carbocycles. The van der Waals surface area contributed by atoms with Crippen LogP contribution in [-0.2, 0) is 11.3 Å². The third kappa shape index (κ3) is 8.04. The Morgan fingerprint density at radius 1 is 1.22 bits per heavy atom. The summed E-state index contributed by atoms with van der Waals surface area (Å²) in [4.78, 5) is 10.0. The second-order valence-corrected chi connectivity index (χ2v) is 11.8. The van der Waals surface area contributed by atoms with Crippen molar-refractivity contribution >= 4 is 11.4 Å². The van der Waals surface area contributed by atoms with E-state index in [4.69, 9.17) is 14.5 Å². The Labute approximate surface area is 247 Å². The maximum Gasteiger partial charge on any atom is 0.123 e. The number of nitrogens with zero attached hydrogens (tertiary/aromatic N) is 3. The lowest BCUT2D eigenvalue weighted by molar-refractivity contribution is 0.190. The summed E-state index contributed by atoms with van der Waals surface area (Å²) in [5.74, 6) is 2.51. The molecule has 0 aromatic heterocycles. The number of allylic oxidation sites excluding steroid dienone is 6. The quantitative estimate of drug-likeness (QED) is 0.313. The summed E-state index contributed by atoms with van der Waals surface area (Å²) in [6, 6.07) is 6.51. The Balaban J connectivity index is 1.31. The molecule has 7 heteroatoms. The van der Waals surface area contributed by atoms with E-state index >= 15 is 0 Å².